The molecule has 0 bridgehead atoms. The Morgan fingerprint density at radius 2 is 1.48 bits per heavy atom. The molecule has 0 heterocycles. The molecule has 3 atom stereocenters. The van der Waals surface area contributed by atoms with Gasteiger partial charge in [0, 0.05) is 22.4 Å². The monoisotopic (exact) mass is 450 g/mol. The van der Waals surface area contributed by atoms with Crippen LogP contribution in [0.1, 0.15) is 0 Å². The summed E-state index contributed by atoms with van der Waals surface area (Å²) in [5, 5.41) is 1.000. The van der Waals surface area contributed by atoms with E-state index in [0.717, 1.165) is 5.41 Å². The van der Waals surface area contributed by atoms with Crippen LogP contribution in [-0.4, -0.2) is 30.8 Å². The van der Waals surface area contributed by atoms with E-state index in [-0.39, 0.29) is 20.3 Å². The number of hydrogen-bond acceptors (Lipinski definition) is 5. The summed E-state index contributed by atoms with van der Waals surface area (Å²) in [6.07, 6.45) is 12.2. The third-order valence-corrected chi connectivity index (χ3v) is 4.70. The van der Waals surface area contributed by atoms with Gasteiger partial charge in [-0.15, -0.1) is 0 Å². The fourth-order valence-electron chi connectivity index (χ4n) is 1.36. The summed E-state index contributed by atoms with van der Waals surface area (Å²) in [7, 11) is 0. The first-order chi connectivity index (χ1) is 12.7. The predicted molar refractivity (Wildman–Crippen MR) is 114 cm³/mol. The van der Waals surface area contributed by atoms with Crippen LogP contribution in [0.3, 0.4) is 0 Å². The Morgan fingerprint density at radius 3 is 1.96 bits per heavy atom. The zero-order valence-electron chi connectivity index (χ0n) is 13.8. The van der Waals surface area contributed by atoms with E-state index in [1.54, 1.807) is 0 Å². The molecule has 3 unspecified atom stereocenters. The lowest BCUT2D eigenvalue weighted by Crippen LogP contribution is -1.94. The van der Waals surface area contributed by atoms with Crippen LogP contribution < -0.4 is 0 Å². The summed E-state index contributed by atoms with van der Waals surface area (Å²) in [5.41, 5.74) is 0.253. The molecule has 0 saturated heterocycles. The maximum atomic E-state index is 11.6. The average Bonchev–Trinajstić information content (AvgIpc) is 2.61. The minimum absolute atomic E-state index is 0.0187. The Hall–Kier alpha value is -1.44. The lowest BCUT2D eigenvalue weighted by molar-refractivity contribution is 0.570. The summed E-state index contributed by atoms with van der Waals surface area (Å²) >= 11 is -6.37. The topological polar surface area (TPSA) is 132 Å². The van der Waals surface area contributed by atoms with Gasteiger partial charge in [-0.05, 0) is 23.8 Å². The van der Waals surface area contributed by atoms with E-state index < -0.39 is 33.2 Å². The molecule has 0 aromatic heterocycles. The van der Waals surface area contributed by atoms with Gasteiger partial charge in [0.25, 0.3) is 0 Å². The zero-order chi connectivity index (χ0) is 20.8. The van der Waals surface area contributed by atoms with E-state index >= 15 is 0 Å². The van der Waals surface area contributed by atoms with Gasteiger partial charge < -0.3 is 18.2 Å². The van der Waals surface area contributed by atoms with Crippen LogP contribution in [0.25, 0.3) is 0 Å². The Bertz CT molecular complexity index is 802. The van der Waals surface area contributed by atoms with E-state index in [1.807, 2.05) is 0 Å². The standard InChI is InChI=1S/C16H18O7S4/c1-3-14(9-6-7-11-25(18)19)16(27(22)23)12-15(24-17)10-5-4-8-13(2)26(20)21/h3-12,17H,1-2H2,(H,18,19)(H,20,21)(H,22,23)/b8-4+,9-6-,10-5+,11-7-,15-12+,16-14-. The van der Waals surface area contributed by atoms with Crippen LogP contribution in [0, 0.1) is 0 Å². The number of hydrogen-bond donors (Lipinski definition) is 4. The molecule has 11 heteroatoms. The minimum atomic E-state index is -2.41. The van der Waals surface area contributed by atoms with Crippen molar-refractivity contribution in [3.63, 3.8) is 0 Å². The van der Waals surface area contributed by atoms with E-state index in [9.17, 15) is 21.7 Å². The second-order valence-corrected chi connectivity index (χ2v) is 7.75. The Labute approximate surface area is 169 Å². The third-order valence-electron chi connectivity index (χ3n) is 2.53. The molecule has 148 valence electrons. The molecule has 0 aliphatic rings. The highest BCUT2D eigenvalue weighted by Gasteiger charge is 2.07. The first kappa shape index (κ1) is 25.6. The molecule has 0 amide bonds. The van der Waals surface area contributed by atoms with Crippen LogP contribution in [0.4, 0.5) is 0 Å². The summed E-state index contributed by atoms with van der Waals surface area (Å²) < 4.78 is 69.1. The molecule has 0 aromatic carbocycles. The molecule has 0 aromatic rings. The van der Waals surface area contributed by atoms with Gasteiger partial charge in [-0.3, -0.25) is 0 Å². The van der Waals surface area contributed by atoms with Crippen molar-refractivity contribution in [2.75, 3.05) is 0 Å². The van der Waals surface area contributed by atoms with Crippen molar-refractivity contribution in [2.45, 2.75) is 0 Å². The van der Waals surface area contributed by atoms with Gasteiger partial charge in [-0.1, -0.05) is 49.6 Å². The summed E-state index contributed by atoms with van der Waals surface area (Å²) in [6, 6.07) is 0. The molecule has 0 radical (unpaired) electrons. The number of rotatable bonds is 11. The van der Waals surface area contributed by atoms with Crippen molar-refractivity contribution in [1.29, 1.82) is 0 Å². The highest BCUT2D eigenvalue weighted by molar-refractivity contribution is 7.98. The van der Waals surface area contributed by atoms with Crippen LogP contribution in [-0.2, 0) is 33.2 Å². The highest BCUT2D eigenvalue weighted by atomic mass is 32.2. The quantitative estimate of drug-likeness (QED) is 0.212. The van der Waals surface area contributed by atoms with Crippen molar-refractivity contribution in [3.8, 4) is 0 Å². The van der Waals surface area contributed by atoms with Gasteiger partial charge >= 0.3 is 0 Å². The molecular formula is C16H18O7S4. The van der Waals surface area contributed by atoms with E-state index in [2.05, 4.69) is 13.2 Å². The molecule has 0 aliphatic carbocycles. The summed E-state index contributed by atoms with van der Waals surface area (Å²) in [5.74, 6) is 0. The third kappa shape index (κ3) is 11.8. The molecule has 0 saturated carbocycles. The molecule has 27 heavy (non-hydrogen) atoms. The minimum Gasteiger partial charge on any atom is -0.325 e. The van der Waals surface area contributed by atoms with Crippen LogP contribution in [0.2, 0.25) is 0 Å². The molecule has 7 nitrogen and oxygen atoms in total. The lowest BCUT2D eigenvalue weighted by atomic mass is 10.2. The van der Waals surface area contributed by atoms with Crippen molar-refractivity contribution < 1.29 is 30.8 Å². The Morgan fingerprint density at radius 1 is 0.889 bits per heavy atom. The van der Waals surface area contributed by atoms with Gasteiger partial charge in [0.15, 0.2) is 33.2 Å². The van der Waals surface area contributed by atoms with E-state index in [1.165, 1.54) is 54.7 Å². The maximum Gasteiger partial charge on any atom is 0.187 e. The predicted octanol–water partition coefficient (Wildman–Crippen LogP) is 3.88. The first-order valence-corrected chi connectivity index (χ1v) is 11.0. The normalized spacial score (nSPS) is 17.6. The molecule has 0 spiro atoms. The van der Waals surface area contributed by atoms with Crippen molar-refractivity contribution >= 4 is 45.3 Å². The van der Waals surface area contributed by atoms with Crippen molar-refractivity contribution in [1.82, 2.24) is 0 Å². The molecule has 0 aliphatic heterocycles. The van der Waals surface area contributed by atoms with Gasteiger partial charge in [0.05, 0.1) is 9.81 Å². The molecular weight excluding hydrogens is 432 g/mol. The number of allylic oxidation sites excluding steroid dienone is 10. The van der Waals surface area contributed by atoms with Crippen molar-refractivity contribution in [3.05, 3.63) is 93.5 Å². The van der Waals surface area contributed by atoms with Gasteiger partial charge in [-0.25, -0.2) is 12.6 Å². The first-order valence-electron chi connectivity index (χ1n) is 6.82. The highest BCUT2D eigenvalue weighted by Crippen LogP contribution is 2.21. The maximum absolute atomic E-state index is 11.6. The van der Waals surface area contributed by atoms with Crippen LogP contribution >= 0.6 is 12.0 Å². The summed E-state index contributed by atoms with van der Waals surface area (Å²) in [4.78, 5) is 0.119. The molecule has 0 rings (SSSR count). The van der Waals surface area contributed by atoms with Crippen molar-refractivity contribution in [2.24, 2.45) is 0 Å². The summed E-state index contributed by atoms with van der Waals surface area (Å²) in [6.45, 7) is 6.91. The smallest absolute Gasteiger partial charge is 0.187 e. The molecule has 4 N–H and O–H groups in total. The molecule has 0 fully saturated rings. The Kier molecular flexibility index (Phi) is 13.8. The fourth-order valence-corrected chi connectivity index (χ4v) is 2.75. The zero-order valence-corrected chi connectivity index (χ0v) is 17.1. The van der Waals surface area contributed by atoms with Gasteiger partial charge in [0.1, 0.15) is 0 Å². The van der Waals surface area contributed by atoms with Crippen LogP contribution in [0.5, 0.6) is 0 Å². The largest absolute Gasteiger partial charge is 0.325 e. The van der Waals surface area contributed by atoms with Crippen LogP contribution in [0.15, 0.2) is 93.5 Å². The SMILES string of the molecule is C=CC(/C=C\C=C/S(=O)O)=C(\C=C(/C=C/C=C/C(=C)S(=O)O)SO)S(=O)O. The second-order valence-electron chi connectivity index (χ2n) is 4.31. The second kappa shape index (κ2) is 14.6. The lowest BCUT2D eigenvalue weighted by Gasteiger charge is -2.03. The average molecular weight is 451 g/mol. The van der Waals surface area contributed by atoms with Gasteiger partial charge in [-0.2, -0.15) is 0 Å². The van der Waals surface area contributed by atoms with Gasteiger partial charge in [0.2, 0.25) is 0 Å². The van der Waals surface area contributed by atoms with E-state index in [4.69, 9.17) is 9.11 Å². The Balaban J connectivity index is 5.71. The fraction of sp³-hybridized carbons (Fsp3) is 0. The van der Waals surface area contributed by atoms with E-state index in [0.29, 0.717) is 12.0 Å².